The fraction of sp³-hybridized carbons (Fsp3) is 0.227. The first kappa shape index (κ1) is 23.4. The number of anilines is 1. The summed E-state index contributed by atoms with van der Waals surface area (Å²) in [5.74, 6) is -1.20. The molecule has 4 rings (SSSR count). The van der Waals surface area contributed by atoms with Crippen molar-refractivity contribution in [1.82, 2.24) is 9.55 Å². The Labute approximate surface area is 194 Å². The van der Waals surface area contributed by atoms with Crippen LogP contribution in [0.2, 0.25) is 0 Å². The van der Waals surface area contributed by atoms with Crippen molar-refractivity contribution in [1.29, 1.82) is 0 Å². The molecule has 1 aromatic heterocycles. The van der Waals surface area contributed by atoms with E-state index in [0.717, 1.165) is 23.9 Å². The van der Waals surface area contributed by atoms with Gasteiger partial charge in [-0.2, -0.15) is 13.2 Å². The Hall–Kier alpha value is -2.79. The number of hydrogen-bond donors (Lipinski definition) is 1. The Morgan fingerprint density at radius 2 is 1.97 bits per heavy atom. The summed E-state index contributed by atoms with van der Waals surface area (Å²) < 4.78 is 53.4. The van der Waals surface area contributed by atoms with Gasteiger partial charge in [-0.05, 0) is 42.5 Å². The molecule has 172 valence electrons. The Morgan fingerprint density at radius 1 is 1.24 bits per heavy atom. The molecule has 0 saturated carbocycles. The van der Waals surface area contributed by atoms with Gasteiger partial charge in [0.1, 0.15) is 5.82 Å². The highest BCUT2D eigenvalue weighted by atomic mass is 32.2. The van der Waals surface area contributed by atoms with Gasteiger partial charge in [0.15, 0.2) is 5.16 Å². The highest BCUT2D eigenvalue weighted by Crippen LogP contribution is 2.35. The Bertz CT molecular complexity index is 1260. The molecule has 2 heterocycles. The molecule has 2 aromatic carbocycles. The van der Waals surface area contributed by atoms with E-state index < -0.39 is 23.5 Å². The molecular weight excluding hydrogens is 478 g/mol. The van der Waals surface area contributed by atoms with E-state index in [9.17, 15) is 27.2 Å². The predicted octanol–water partition coefficient (Wildman–Crippen LogP) is 5.16. The zero-order valence-corrected chi connectivity index (χ0v) is 18.8. The number of aromatic nitrogens is 2. The molecule has 0 radical (unpaired) electrons. The van der Waals surface area contributed by atoms with Gasteiger partial charge >= 0.3 is 6.18 Å². The minimum Gasteiger partial charge on any atom is -0.325 e. The van der Waals surface area contributed by atoms with Crippen molar-refractivity contribution in [3.63, 3.8) is 0 Å². The minimum atomic E-state index is -4.52. The third-order valence-electron chi connectivity index (χ3n) is 4.77. The number of hydrogen-bond acceptors (Lipinski definition) is 5. The van der Waals surface area contributed by atoms with E-state index in [4.69, 9.17) is 0 Å². The fourth-order valence-electron chi connectivity index (χ4n) is 3.32. The highest BCUT2D eigenvalue weighted by molar-refractivity contribution is 8.00. The van der Waals surface area contributed by atoms with Gasteiger partial charge in [0.25, 0.3) is 5.56 Å². The van der Waals surface area contributed by atoms with E-state index in [0.29, 0.717) is 22.7 Å². The number of nitrogens with zero attached hydrogens (tertiary/aromatic N) is 2. The number of carbonyl (C=O) groups excluding carboxylic acids is 1. The van der Waals surface area contributed by atoms with Crippen molar-refractivity contribution in [3.8, 4) is 5.69 Å². The van der Waals surface area contributed by atoms with Gasteiger partial charge in [-0.1, -0.05) is 24.8 Å². The van der Waals surface area contributed by atoms with Crippen LogP contribution in [0.5, 0.6) is 0 Å². The molecule has 5 nitrogen and oxygen atoms in total. The standard InChI is InChI=1S/C22H17F4N3O2S2/c1-12-9-17-19(33-12)20(31)29(16-7-5-14(23)6-8-16)21(28-17)32-11-18(30)27-15-4-2-3-13(10-15)22(24,25)26/h2-8,10,12H,9,11H2,1H3,(H,27,30)/t12-/m0/s1. The van der Waals surface area contributed by atoms with E-state index in [2.05, 4.69) is 10.3 Å². The van der Waals surface area contributed by atoms with Crippen LogP contribution in [0.4, 0.5) is 23.2 Å². The summed E-state index contributed by atoms with van der Waals surface area (Å²) in [6.07, 6.45) is -3.92. The molecule has 11 heteroatoms. The van der Waals surface area contributed by atoms with Gasteiger partial charge in [0.05, 0.1) is 27.6 Å². The summed E-state index contributed by atoms with van der Waals surface area (Å²) in [7, 11) is 0. The molecule has 3 aromatic rings. The average Bonchev–Trinajstić information content (AvgIpc) is 3.13. The topological polar surface area (TPSA) is 64.0 Å². The first-order valence-corrected chi connectivity index (χ1v) is 11.7. The van der Waals surface area contributed by atoms with Crippen molar-refractivity contribution in [2.45, 2.75) is 34.8 Å². The van der Waals surface area contributed by atoms with Crippen LogP contribution in [0.15, 0.2) is 63.4 Å². The van der Waals surface area contributed by atoms with Crippen molar-refractivity contribution in [2.75, 3.05) is 11.1 Å². The van der Waals surface area contributed by atoms with Gasteiger partial charge < -0.3 is 5.32 Å². The molecule has 33 heavy (non-hydrogen) atoms. The van der Waals surface area contributed by atoms with Crippen LogP contribution >= 0.6 is 23.5 Å². The molecule has 0 spiro atoms. The highest BCUT2D eigenvalue weighted by Gasteiger charge is 2.30. The molecule has 0 saturated heterocycles. The van der Waals surface area contributed by atoms with Crippen molar-refractivity contribution in [3.05, 3.63) is 76.0 Å². The van der Waals surface area contributed by atoms with Crippen LogP contribution in [0.1, 0.15) is 18.2 Å². The van der Waals surface area contributed by atoms with E-state index in [1.54, 1.807) is 0 Å². The smallest absolute Gasteiger partial charge is 0.325 e. The van der Waals surface area contributed by atoms with Gasteiger partial charge in [-0.15, -0.1) is 11.8 Å². The first-order chi connectivity index (χ1) is 15.6. The lowest BCUT2D eigenvalue weighted by molar-refractivity contribution is -0.137. The normalized spacial score (nSPS) is 15.4. The first-order valence-electron chi connectivity index (χ1n) is 9.80. The molecule has 1 N–H and O–H groups in total. The average molecular weight is 496 g/mol. The monoisotopic (exact) mass is 495 g/mol. The quantitative estimate of drug-likeness (QED) is 0.301. The van der Waals surface area contributed by atoms with Crippen LogP contribution in [-0.2, 0) is 17.4 Å². The van der Waals surface area contributed by atoms with E-state index in [-0.39, 0.29) is 27.4 Å². The Balaban J connectivity index is 1.58. The second kappa shape index (κ2) is 9.22. The van der Waals surface area contributed by atoms with Crippen LogP contribution in [0, 0.1) is 5.82 Å². The lowest BCUT2D eigenvalue weighted by Gasteiger charge is -2.14. The van der Waals surface area contributed by atoms with Gasteiger partial charge in [0.2, 0.25) is 5.91 Å². The predicted molar refractivity (Wildman–Crippen MR) is 120 cm³/mol. The number of halogens is 4. The number of rotatable bonds is 5. The maximum atomic E-state index is 13.4. The Morgan fingerprint density at radius 3 is 2.67 bits per heavy atom. The zero-order valence-electron chi connectivity index (χ0n) is 17.1. The molecule has 1 aliphatic rings. The summed E-state index contributed by atoms with van der Waals surface area (Å²) in [5, 5.41) is 2.86. The summed E-state index contributed by atoms with van der Waals surface area (Å²) >= 11 is 2.40. The maximum absolute atomic E-state index is 13.4. The van der Waals surface area contributed by atoms with Crippen LogP contribution in [0.25, 0.3) is 5.69 Å². The van der Waals surface area contributed by atoms with E-state index in [1.807, 2.05) is 6.92 Å². The lowest BCUT2D eigenvalue weighted by atomic mass is 10.2. The van der Waals surface area contributed by atoms with Crippen molar-refractivity contribution in [2.24, 2.45) is 0 Å². The van der Waals surface area contributed by atoms with E-state index in [1.165, 1.54) is 52.7 Å². The van der Waals surface area contributed by atoms with Gasteiger partial charge in [-0.3, -0.25) is 14.2 Å². The summed E-state index contributed by atoms with van der Waals surface area (Å²) in [5.41, 5.74) is -0.125. The number of amides is 1. The molecule has 1 atom stereocenters. The van der Waals surface area contributed by atoms with Crippen LogP contribution in [-0.4, -0.2) is 26.5 Å². The lowest BCUT2D eigenvalue weighted by Crippen LogP contribution is -2.24. The van der Waals surface area contributed by atoms with E-state index >= 15 is 0 Å². The second-order valence-electron chi connectivity index (χ2n) is 7.34. The SMILES string of the molecule is C[C@H]1Cc2nc(SCC(=O)Nc3cccc(C(F)(F)F)c3)n(-c3ccc(F)cc3)c(=O)c2S1. The molecule has 0 fully saturated rings. The maximum Gasteiger partial charge on any atom is 0.416 e. The number of carbonyl (C=O) groups is 1. The van der Waals surface area contributed by atoms with Crippen LogP contribution < -0.4 is 10.9 Å². The zero-order chi connectivity index (χ0) is 23.8. The van der Waals surface area contributed by atoms with Crippen LogP contribution in [0.3, 0.4) is 0 Å². The largest absolute Gasteiger partial charge is 0.416 e. The Kier molecular flexibility index (Phi) is 6.53. The summed E-state index contributed by atoms with van der Waals surface area (Å²) in [6.45, 7) is 1.98. The molecular formula is C22H17F4N3O2S2. The molecule has 0 aliphatic carbocycles. The number of fused-ring (bicyclic) bond motifs is 1. The second-order valence-corrected chi connectivity index (χ2v) is 9.73. The summed E-state index contributed by atoms with van der Waals surface area (Å²) in [6, 6.07) is 9.67. The van der Waals surface area contributed by atoms with Crippen molar-refractivity contribution >= 4 is 35.1 Å². The third kappa shape index (κ3) is 5.25. The number of benzene rings is 2. The molecule has 0 unspecified atom stereocenters. The number of thioether (sulfide) groups is 2. The molecule has 1 amide bonds. The number of nitrogens with one attached hydrogen (secondary N) is 1. The van der Waals surface area contributed by atoms with Gasteiger partial charge in [0, 0.05) is 17.4 Å². The summed E-state index contributed by atoms with van der Waals surface area (Å²) in [4.78, 5) is 30.7. The molecule has 1 aliphatic heterocycles. The fourth-order valence-corrected chi connectivity index (χ4v) is 5.24. The molecule has 0 bridgehead atoms. The third-order valence-corrected chi connectivity index (χ3v) is 6.93. The van der Waals surface area contributed by atoms with Crippen molar-refractivity contribution < 1.29 is 22.4 Å². The van der Waals surface area contributed by atoms with Gasteiger partial charge in [-0.25, -0.2) is 9.37 Å². The number of alkyl halides is 3. The minimum absolute atomic E-state index is 0.0125.